The van der Waals surface area contributed by atoms with Crippen LogP contribution < -0.4 is 9.47 Å². The van der Waals surface area contributed by atoms with Crippen LogP contribution in [0.1, 0.15) is 19.8 Å². The van der Waals surface area contributed by atoms with Gasteiger partial charge in [-0.1, -0.05) is 6.92 Å². The lowest BCUT2D eigenvalue weighted by molar-refractivity contribution is -0.385. The Morgan fingerprint density at radius 1 is 1.39 bits per heavy atom. The fourth-order valence-electron chi connectivity index (χ4n) is 1.40. The summed E-state index contributed by atoms with van der Waals surface area (Å²) in [6, 6.07) is 4.01. The highest BCUT2D eigenvalue weighted by atomic mass is 16.6. The highest BCUT2D eigenvalue weighted by Crippen LogP contribution is 2.31. The van der Waals surface area contributed by atoms with Crippen LogP contribution in [0, 0.1) is 10.1 Å². The SMILES string of the molecule is CCCC(=O)COc1cc([N+](=O)[O-])ccc1OC. The quantitative estimate of drug-likeness (QED) is 0.550. The Morgan fingerprint density at radius 2 is 2.11 bits per heavy atom. The van der Waals surface area contributed by atoms with Crippen molar-refractivity contribution in [1.82, 2.24) is 0 Å². The maximum atomic E-state index is 11.3. The number of nitro groups is 1. The maximum Gasteiger partial charge on any atom is 0.273 e. The number of benzene rings is 1. The lowest BCUT2D eigenvalue weighted by Crippen LogP contribution is -2.11. The zero-order valence-corrected chi connectivity index (χ0v) is 10.3. The molecular weight excluding hydrogens is 238 g/mol. The first kappa shape index (κ1) is 14.0. The molecule has 0 amide bonds. The van der Waals surface area contributed by atoms with Crippen LogP contribution in [0.5, 0.6) is 11.5 Å². The molecule has 0 bridgehead atoms. The van der Waals surface area contributed by atoms with Crippen molar-refractivity contribution in [2.75, 3.05) is 13.7 Å². The van der Waals surface area contributed by atoms with Gasteiger partial charge < -0.3 is 9.47 Å². The molecule has 1 aromatic rings. The molecule has 0 saturated heterocycles. The summed E-state index contributed by atoms with van der Waals surface area (Å²) in [5.41, 5.74) is -0.103. The molecule has 0 spiro atoms. The smallest absolute Gasteiger partial charge is 0.273 e. The van der Waals surface area contributed by atoms with Gasteiger partial charge in [0.1, 0.15) is 6.61 Å². The molecule has 0 unspecified atom stereocenters. The monoisotopic (exact) mass is 253 g/mol. The predicted octanol–water partition coefficient (Wildman–Crippen LogP) is 2.35. The van der Waals surface area contributed by atoms with Gasteiger partial charge >= 0.3 is 0 Å². The Kier molecular flexibility index (Phi) is 5.10. The van der Waals surface area contributed by atoms with E-state index in [0.29, 0.717) is 12.2 Å². The van der Waals surface area contributed by atoms with Crippen molar-refractivity contribution in [2.45, 2.75) is 19.8 Å². The Morgan fingerprint density at radius 3 is 2.67 bits per heavy atom. The van der Waals surface area contributed by atoms with Crippen LogP contribution in [0.25, 0.3) is 0 Å². The minimum atomic E-state index is -0.528. The number of nitrogens with zero attached hydrogens (tertiary/aromatic N) is 1. The van der Waals surface area contributed by atoms with Crippen molar-refractivity contribution < 1.29 is 19.2 Å². The van der Waals surface area contributed by atoms with Crippen LogP contribution in [-0.4, -0.2) is 24.4 Å². The summed E-state index contributed by atoms with van der Waals surface area (Å²) in [6.07, 6.45) is 1.17. The molecule has 0 fully saturated rings. The highest BCUT2D eigenvalue weighted by molar-refractivity contribution is 5.79. The molecule has 0 atom stereocenters. The van der Waals surface area contributed by atoms with E-state index in [9.17, 15) is 14.9 Å². The second kappa shape index (κ2) is 6.58. The third-order valence-electron chi connectivity index (χ3n) is 2.28. The van der Waals surface area contributed by atoms with Crippen molar-refractivity contribution in [2.24, 2.45) is 0 Å². The Labute approximate surface area is 105 Å². The minimum absolute atomic E-state index is 0.0499. The molecule has 0 saturated carbocycles. The average molecular weight is 253 g/mol. The molecule has 6 heteroatoms. The first-order valence-corrected chi connectivity index (χ1v) is 5.55. The number of carbonyl (C=O) groups is 1. The van der Waals surface area contributed by atoms with Crippen LogP contribution in [0.2, 0.25) is 0 Å². The van der Waals surface area contributed by atoms with Crippen LogP contribution in [0.3, 0.4) is 0 Å². The first-order valence-electron chi connectivity index (χ1n) is 5.55. The number of ether oxygens (including phenoxy) is 2. The molecule has 0 aliphatic carbocycles. The minimum Gasteiger partial charge on any atom is -0.493 e. The van der Waals surface area contributed by atoms with E-state index in [1.165, 1.54) is 25.3 Å². The van der Waals surface area contributed by atoms with Crippen molar-refractivity contribution in [3.05, 3.63) is 28.3 Å². The number of carbonyl (C=O) groups excluding carboxylic acids is 1. The second-order valence-corrected chi connectivity index (χ2v) is 3.67. The molecule has 1 rings (SSSR count). The Hall–Kier alpha value is -2.11. The van der Waals surface area contributed by atoms with Crippen LogP contribution in [0.4, 0.5) is 5.69 Å². The van der Waals surface area contributed by atoms with Gasteiger partial charge in [-0.15, -0.1) is 0 Å². The van der Waals surface area contributed by atoms with Gasteiger partial charge in [0, 0.05) is 12.5 Å². The summed E-state index contributed by atoms with van der Waals surface area (Å²) in [5.74, 6) is 0.520. The van der Waals surface area contributed by atoms with Crippen molar-refractivity contribution >= 4 is 11.5 Å². The normalized spacial score (nSPS) is 9.89. The molecule has 0 N–H and O–H groups in total. The van der Waals surface area contributed by atoms with Crippen molar-refractivity contribution in [1.29, 1.82) is 0 Å². The first-order chi connectivity index (χ1) is 8.58. The third-order valence-corrected chi connectivity index (χ3v) is 2.28. The lowest BCUT2D eigenvalue weighted by atomic mass is 10.2. The number of Topliss-reactive ketones (excluding diaryl/α,β-unsaturated/α-hetero) is 1. The molecular formula is C12H15NO5. The Bertz CT molecular complexity index is 444. The van der Waals surface area contributed by atoms with E-state index in [2.05, 4.69) is 0 Å². The summed E-state index contributed by atoms with van der Waals surface area (Å²) in [6.45, 7) is 1.79. The highest BCUT2D eigenvalue weighted by Gasteiger charge is 2.13. The topological polar surface area (TPSA) is 78.7 Å². The molecule has 0 heterocycles. The summed E-state index contributed by atoms with van der Waals surface area (Å²) in [5, 5.41) is 10.6. The van der Waals surface area contributed by atoms with E-state index in [4.69, 9.17) is 9.47 Å². The van der Waals surface area contributed by atoms with Gasteiger partial charge in [-0.25, -0.2) is 0 Å². The van der Waals surface area contributed by atoms with Gasteiger partial charge in [0.05, 0.1) is 18.1 Å². The van der Waals surface area contributed by atoms with Gasteiger partial charge in [0.2, 0.25) is 0 Å². The standard InChI is InChI=1S/C12H15NO5/c1-3-4-10(14)8-18-12-7-9(13(15)16)5-6-11(12)17-2/h5-7H,3-4,8H2,1-2H3. The summed E-state index contributed by atoms with van der Waals surface area (Å²) >= 11 is 0. The van der Waals surface area contributed by atoms with Gasteiger partial charge in [-0.05, 0) is 12.5 Å². The van der Waals surface area contributed by atoms with Crippen molar-refractivity contribution in [3.8, 4) is 11.5 Å². The summed E-state index contributed by atoms with van der Waals surface area (Å²) < 4.78 is 10.3. The molecule has 6 nitrogen and oxygen atoms in total. The fraction of sp³-hybridized carbons (Fsp3) is 0.417. The van der Waals surface area contributed by atoms with Gasteiger partial charge in [-0.3, -0.25) is 14.9 Å². The number of non-ortho nitro benzene ring substituents is 1. The van der Waals surface area contributed by atoms with Gasteiger partial charge in [-0.2, -0.15) is 0 Å². The molecule has 0 aliphatic rings. The predicted molar refractivity (Wildman–Crippen MR) is 65.1 cm³/mol. The number of rotatable bonds is 7. The van der Waals surface area contributed by atoms with Crippen LogP contribution >= 0.6 is 0 Å². The molecule has 0 radical (unpaired) electrons. The molecule has 0 aromatic heterocycles. The zero-order valence-electron chi connectivity index (χ0n) is 10.3. The van der Waals surface area contributed by atoms with Crippen LogP contribution in [0.15, 0.2) is 18.2 Å². The summed E-state index contributed by atoms with van der Waals surface area (Å²) in [7, 11) is 1.43. The van der Waals surface area contributed by atoms with Gasteiger partial charge in [0.15, 0.2) is 17.3 Å². The van der Waals surface area contributed by atoms with E-state index >= 15 is 0 Å². The largest absolute Gasteiger partial charge is 0.493 e. The number of nitro benzene ring substituents is 1. The van der Waals surface area contributed by atoms with E-state index in [0.717, 1.165) is 6.42 Å². The fourth-order valence-corrected chi connectivity index (χ4v) is 1.40. The molecule has 98 valence electrons. The number of hydrogen-bond acceptors (Lipinski definition) is 5. The van der Waals surface area contributed by atoms with E-state index < -0.39 is 4.92 Å². The van der Waals surface area contributed by atoms with E-state index in [1.807, 2.05) is 6.92 Å². The van der Waals surface area contributed by atoms with Gasteiger partial charge in [0.25, 0.3) is 5.69 Å². The van der Waals surface area contributed by atoms with E-state index in [-0.39, 0.29) is 23.8 Å². The number of ketones is 1. The second-order valence-electron chi connectivity index (χ2n) is 3.67. The number of hydrogen-bond donors (Lipinski definition) is 0. The van der Waals surface area contributed by atoms with Crippen molar-refractivity contribution in [3.63, 3.8) is 0 Å². The average Bonchev–Trinajstić information content (AvgIpc) is 2.36. The summed E-state index contributed by atoms with van der Waals surface area (Å²) in [4.78, 5) is 21.4. The number of methoxy groups -OCH3 is 1. The zero-order chi connectivity index (χ0) is 13.5. The van der Waals surface area contributed by atoms with E-state index in [1.54, 1.807) is 0 Å². The Balaban J connectivity index is 2.81. The third kappa shape index (κ3) is 3.73. The van der Waals surface area contributed by atoms with Crippen LogP contribution in [-0.2, 0) is 4.79 Å². The lowest BCUT2D eigenvalue weighted by Gasteiger charge is -2.09. The molecule has 0 aliphatic heterocycles. The molecule has 1 aromatic carbocycles. The molecule has 18 heavy (non-hydrogen) atoms. The maximum absolute atomic E-state index is 11.3.